The van der Waals surface area contributed by atoms with Gasteiger partial charge in [-0.1, -0.05) is 12.1 Å². The number of benzene rings is 1. The molecule has 1 fully saturated rings. The van der Waals surface area contributed by atoms with Crippen LogP contribution in [0.2, 0.25) is 0 Å². The molecule has 1 heterocycles. The molecule has 1 aromatic rings. The van der Waals surface area contributed by atoms with E-state index in [1.165, 1.54) is 54.8 Å². The molecule has 112 valence electrons. The zero-order valence-electron chi connectivity index (χ0n) is 12.8. The molecular formula is C17H28NO2+. The SMILES string of the molecule is Cc1cccc(OC[C@@H](O)C[NH+]2CCCCCC2)c1C. The number of aliphatic hydroxyl groups excluding tert-OH is 1. The first-order chi connectivity index (χ1) is 9.66. The fourth-order valence-corrected chi connectivity index (χ4v) is 2.89. The summed E-state index contributed by atoms with van der Waals surface area (Å²) in [5.41, 5.74) is 2.40. The van der Waals surface area contributed by atoms with Crippen molar-refractivity contribution in [3.05, 3.63) is 29.3 Å². The van der Waals surface area contributed by atoms with Gasteiger partial charge in [-0.05, 0) is 56.7 Å². The monoisotopic (exact) mass is 278 g/mol. The summed E-state index contributed by atoms with van der Waals surface area (Å²) in [6.07, 6.45) is 4.90. The van der Waals surface area contributed by atoms with E-state index in [4.69, 9.17) is 4.74 Å². The highest BCUT2D eigenvalue weighted by Crippen LogP contribution is 2.20. The molecule has 0 amide bonds. The van der Waals surface area contributed by atoms with Gasteiger partial charge in [0, 0.05) is 0 Å². The van der Waals surface area contributed by atoms with E-state index in [-0.39, 0.29) is 6.10 Å². The number of ether oxygens (including phenoxy) is 1. The molecule has 0 aliphatic carbocycles. The number of rotatable bonds is 5. The third-order valence-electron chi connectivity index (χ3n) is 4.32. The van der Waals surface area contributed by atoms with Gasteiger partial charge in [0.05, 0.1) is 13.1 Å². The molecule has 0 radical (unpaired) electrons. The molecule has 3 nitrogen and oxygen atoms in total. The second-order valence-electron chi connectivity index (χ2n) is 6.03. The van der Waals surface area contributed by atoms with Gasteiger partial charge in [0.2, 0.25) is 0 Å². The lowest BCUT2D eigenvalue weighted by molar-refractivity contribution is -0.902. The number of quaternary nitrogens is 1. The van der Waals surface area contributed by atoms with E-state index in [2.05, 4.69) is 19.9 Å². The second-order valence-corrected chi connectivity index (χ2v) is 6.03. The molecule has 2 N–H and O–H groups in total. The Kier molecular flexibility index (Phi) is 5.86. The molecule has 1 aromatic carbocycles. The summed E-state index contributed by atoms with van der Waals surface area (Å²) in [6.45, 7) is 7.75. The second kappa shape index (κ2) is 7.65. The summed E-state index contributed by atoms with van der Waals surface area (Å²) in [4.78, 5) is 1.53. The molecule has 0 saturated carbocycles. The molecule has 20 heavy (non-hydrogen) atoms. The maximum Gasteiger partial charge on any atom is 0.137 e. The van der Waals surface area contributed by atoms with Crippen LogP contribution in [0, 0.1) is 13.8 Å². The predicted molar refractivity (Wildman–Crippen MR) is 81.4 cm³/mol. The molecular weight excluding hydrogens is 250 g/mol. The van der Waals surface area contributed by atoms with Crippen LogP contribution in [0.4, 0.5) is 0 Å². The molecule has 0 unspecified atom stereocenters. The van der Waals surface area contributed by atoms with Gasteiger partial charge >= 0.3 is 0 Å². The standard InChI is InChI=1S/C17H27NO2/c1-14-8-7-9-17(15(14)2)20-13-16(19)12-18-10-5-3-4-6-11-18/h7-9,16,19H,3-6,10-13H2,1-2H3/p+1/t16-/m0/s1. The van der Waals surface area contributed by atoms with Crippen molar-refractivity contribution in [1.29, 1.82) is 0 Å². The van der Waals surface area contributed by atoms with E-state index < -0.39 is 0 Å². The maximum absolute atomic E-state index is 10.2. The molecule has 0 aromatic heterocycles. The van der Waals surface area contributed by atoms with E-state index in [9.17, 15) is 5.11 Å². The summed E-state index contributed by atoms with van der Waals surface area (Å²) in [6, 6.07) is 6.07. The van der Waals surface area contributed by atoms with Crippen molar-refractivity contribution >= 4 is 0 Å². The molecule has 1 atom stereocenters. The van der Waals surface area contributed by atoms with Crippen molar-refractivity contribution in [3.63, 3.8) is 0 Å². The highest BCUT2D eigenvalue weighted by Gasteiger charge is 2.17. The highest BCUT2D eigenvalue weighted by molar-refractivity contribution is 5.38. The van der Waals surface area contributed by atoms with E-state index in [0.717, 1.165) is 12.3 Å². The van der Waals surface area contributed by atoms with Crippen LogP contribution in [-0.2, 0) is 0 Å². The molecule has 0 bridgehead atoms. The van der Waals surface area contributed by atoms with Gasteiger partial charge in [-0.2, -0.15) is 0 Å². The van der Waals surface area contributed by atoms with Gasteiger partial charge < -0.3 is 14.7 Å². The number of aliphatic hydroxyl groups is 1. The number of nitrogens with one attached hydrogen (secondary N) is 1. The molecule has 1 saturated heterocycles. The largest absolute Gasteiger partial charge is 0.490 e. The summed E-state index contributed by atoms with van der Waals surface area (Å²) < 4.78 is 5.79. The first kappa shape index (κ1) is 15.3. The number of aryl methyl sites for hydroxylation is 1. The van der Waals surface area contributed by atoms with Gasteiger partial charge in [0.15, 0.2) is 0 Å². The summed E-state index contributed by atoms with van der Waals surface area (Å²) in [5.74, 6) is 0.898. The fourth-order valence-electron chi connectivity index (χ4n) is 2.89. The van der Waals surface area contributed by atoms with Crippen LogP contribution < -0.4 is 9.64 Å². The highest BCUT2D eigenvalue weighted by atomic mass is 16.5. The quantitative estimate of drug-likeness (QED) is 0.856. The van der Waals surface area contributed by atoms with Crippen LogP contribution in [0.25, 0.3) is 0 Å². The Bertz CT molecular complexity index is 411. The van der Waals surface area contributed by atoms with Gasteiger partial charge in [-0.15, -0.1) is 0 Å². The minimum atomic E-state index is -0.372. The Morgan fingerprint density at radius 2 is 1.85 bits per heavy atom. The van der Waals surface area contributed by atoms with Gasteiger partial charge in [0.25, 0.3) is 0 Å². The zero-order valence-corrected chi connectivity index (χ0v) is 12.8. The van der Waals surface area contributed by atoms with Crippen LogP contribution in [0.1, 0.15) is 36.8 Å². The molecule has 1 aliphatic rings. The number of hydrogen-bond donors (Lipinski definition) is 2. The van der Waals surface area contributed by atoms with Crippen molar-refractivity contribution in [1.82, 2.24) is 0 Å². The molecule has 2 rings (SSSR count). The zero-order chi connectivity index (χ0) is 14.4. The van der Waals surface area contributed by atoms with Crippen LogP contribution in [0.3, 0.4) is 0 Å². The molecule has 3 heteroatoms. The fraction of sp³-hybridized carbons (Fsp3) is 0.647. The van der Waals surface area contributed by atoms with Crippen molar-refractivity contribution in [2.75, 3.05) is 26.2 Å². The minimum absolute atomic E-state index is 0.372. The normalized spacial score (nSPS) is 18.6. The average Bonchev–Trinajstić information content (AvgIpc) is 2.69. The minimum Gasteiger partial charge on any atom is -0.490 e. The summed E-state index contributed by atoms with van der Waals surface area (Å²) in [5, 5.41) is 10.2. The Labute approximate surface area is 122 Å². The first-order valence-corrected chi connectivity index (χ1v) is 7.87. The lowest BCUT2D eigenvalue weighted by Gasteiger charge is -2.21. The van der Waals surface area contributed by atoms with E-state index in [1.807, 2.05) is 12.1 Å². The third kappa shape index (κ3) is 4.50. The Morgan fingerprint density at radius 3 is 2.55 bits per heavy atom. The van der Waals surface area contributed by atoms with Crippen molar-refractivity contribution < 1.29 is 14.7 Å². The van der Waals surface area contributed by atoms with E-state index >= 15 is 0 Å². The van der Waals surface area contributed by atoms with Crippen LogP contribution in [0.5, 0.6) is 5.75 Å². The summed E-state index contributed by atoms with van der Waals surface area (Å²) in [7, 11) is 0. The lowest BCUT2D eigenvalue weighted by atomic mass is 10.1. The summed E-state index contributed by atoms with van der Waals surface area (Å²) >= 11 is 0. The van der Waals surface area contributed by atoms with E-state index in [1.54, 1.807) is 0 Å². The van der Waals surface area contributed by atoms with Crippen LogP contribution in [-0.4, -0.2) is 37.5 Å². The van der Waals surface area contributed by atoms with E-state index in [0.29, 0.717) is 6.61 Å². The average molecular weight is 278 g/mol. The van der Waals surface area contributed by atoms with Gasteiger partial charge in [0.1, 0.15) is 25.0 Å². The first-order valence-electron chi connectivity index (χ1n) is 7.87. The molecule has 0 spiro atoms. The van der Waals surface area contributed by atoms with Gasteiger partial charge in [-0.3, -0.25) is 0 Å². The van der Waals surface area contributed by atoms with Crippen molar-refractivity contribution in [2.45, 2.75) is 45.6 Å². The topological polar surface area (TPSA) is 33.9 Å². The lowest BCUT2D eigenvalue weighted by Crippen LogP contribution is -3.13. The number of hydrogen-bond acceptors (Lipinski definition) is 2. The smallest absolute Gasteiger partial charge is 0.137 e. The van der Waals surface area contributed by atoms with Crippen molar-refractivity contribution in [2.24, 2.45) is 0 Å². The Hall–Kier alpha value is -1.06. The predicted octanol–water partition coefficient (Wildman–Crippen LogP) is 1.50. The van der Waals surface area contributed by atoms with Crippen LogP contribution >= 0.6 is 0 Å². The Morgan fingerprint density at radius 1 is 1.15 bits per heavy atom. The number of likely N-dealkylation sites (tertiary alicyclic amines) is 1. The third-order valence-corrected chi connectivity index (χ3v) is 4.32. The van der Waals surface area contributed by atoms with Crippen molar-refractivity contribution in [3.8, 4) is 5.75 Å². The Balaban J connectivity index is 1.79. The molecule has 1 aliphatic heterocycles. The van der Waals surface area contributed by atoms with Crippen LogP contribution in [0.15, 0.2) is 18.2 Å². The maximum atomic E-state index is 10.2. The van der Waals surface area contributed by atoms with Gasteiger partial charge in [-0.25, -0.2) is 0 Å².